The molecule has 0 bridgehead atoms. The summed E-state index contributed by atoms with van der Waals surface area (Å²) in [7, 11) is 1.62. The number of carbonyl (C=O) groups is 1. The van der Waals surface area contributed by atoms with Crippen LogP contribution in [0, 0.1) is 5.82 Å². The van der Waals surface area contributed by atoms with Crippen molar-refractivity contribution in [2.75, 3.05) is 25.5 Å². The highest BCUT2D eigenvalue weighted by Crippen LogP contribution is 2.17. The van der Waals surface area contributed by atoms with E-state index in [0.717, 1.165) is 11.3 Å². The molecule has 0 radical (unpaired) electrons. The van der Waals surface area contributed by atoms with Crippen molar-refractivity contribution >= 4 is 17.6 Å². The number of amides is 1. The highest BCUT2D eigenvalue weighted by molar-refractivity contribution is 5.94. The maximum atomic E-state index is 12.9. The standard InChI is InChI=1S/C20H23FN4O2/c1-3-12-27-18-7-5-4-6-15(18)13-23-20(22-2)24-14-19(26)25-17-10-8-16(21)9-11-17/h3-11H,1,12-14H2,2H3,(H,25,26)(H2,22,23,24). The number of hydrogen-bond acceptors (Lipinski definition) is 3. The topological polar surface area (TPSA) is 74.8 Å². The smallest absolute Gasteiger partial charge is 0.243 e. The van der Waals surface area contributed by atoms with Crippen LogP contribution in [0.15, 0.2) is 66.2 Å². The van der Waals surface area contributed by atoms with E-state index in [1.54, 1.807) is 13.1 Å². The van der Waals surface area contributed by atoms with Gasteiger partial charge in [-0.25, -0.2) is 4.39 Å². The van der Waals surface area contributed by atoms with Gasteiger partial charge >= 0.3 is 0 Å². The van der Waals surface area contributed by atoms with Crippen molar-refractivity contribution in [3.05, 3.63) is 72.6 Å². The summed E-state index contributed by atoms with van der Waals surface area (Å²) in [5.41, 5.74) is 1.48. The van der Waals surface area contributed by atoms with E-state index in [2.05, 4.69) is 27.5 Å². The lowest BCUT2D eigenvalue weighted by atomic mass is 10.2. The minimum Gasteiger partial charge on any atom is -0.489 e. The summed E-state index contributed by atoms with van der Waals surface area (Å²) in [6, 6.07) is 13.2. The van der Waals surface area contributed by atoms with E-state index in [0.29, 0.717) is 24.8 Å². The lowest BCUT2D eigenvalue weighted by Gasteiger charge is -2.14. The van der Waals surface area contributed by atoms with Crippen molar-refractivity contribution in [2.24, 2.45) is 4.99 Å². The summed E-state index contributed by atoms with van der Waals surface area (Å²) in [5.74, 6) is 0.615. The normalized spacial score (nSPS) is 10.8. The summed E-state index contributed by atoms with van der Waals surface area (Å²) >= 11 is 0. The van der Waals surface area contributed by atoms with Gasteiger partial charge in [-0.2, -0.15) is 0 Å². The maximum absolute atomic E-state index is 12.9. The fourth-order valence-corrected chi connectivity index (χ4v) is 2.24. The second-order valence-electron chi connectivity index (χ2n) is 5.54. The summed E-state index contributed by atoms with van der Waals surface area (Å²) in [4.78, 5) is 16.1. The molecule has 0 fully saturated rings. The molecule has 2 aromatic rings. The minimum absolute atomic E-state index is 0.0195. The number of rotatable bonds is 8. The summed E-state index contributed by atoms with van der Waals surface area (Å²) in [5, 5.41) is 8.74. The molecular weight excluding hydrogens is 347 g/mol. The van der Waals surface area contributed by atoms with Gasteiger partial charge in [0.15, 0.2) is 5.96 Å². The molecule has 0 saturated carbocycles. The van der Waals surface area contributed by atoms with E-state index in [9.17, 15) is 9.18 Å². The van der Waals surface area contributed by atoms with Crippen molar-refractivity contribution < 1.29 is 13.9 Å². The van der Waals surface area contributed by atoms with Gasteiger partial charge in [-0.15, -0.1) is 0 Å². The molecule has 7 heteroatoms. The molecule has 0 saturated heterocycles. The van der Waals surface area contributed by atoms with Crippen LogP contribution in [0.4, 0.5) is 10.1 Å². The highest BCUT2D eigenvalue weighted by Gasteiger charge is 2.07. The van der Waals surface area contributed by atoms with Gasteiger partial charge in [-0.05, 0) is 30.3 Å². The third-order valence-electron chi connectivity index (χ3n) is 3.54. The Balaban J connectivity index is 1.83. The van der Waals surface area contributed by atoms with E-state index in [1.807, 2.05) is 24.3 Å². The van der Waals surface area contributed by atoms with E-state index in [-0.39, 0.29) is 18.3 Å². The Labute approximate surface area is 158 Å². The third-order valence-corrected chi connectivity index (χ3v) is 3.54. The van der Waals surface area contributed by atoms with Gasteiger partial charge in [0.25, 0.3) is 0 Å². The van der Waals surface area contributed by atoms with Crippen LogP contribution in [0.3, 0.4) is 0 Å². The number of guanidine groups is 1. The minimum atomic E-state index is -0.354. The van der Waals surface area contributed by atoms with Crippen molar-refractivity contribution in [1.29, 1.82) is 0 Å². The number of aliphatic imine (C=N–C) groups is 1. The molecule has 0 aliphatic heterocycles. The second-order valence-corrected chi connectivity index (χ2v) is 5.54. The Morgan fingerprint density at radius 1 is 1.19 bits per heavy atom. The first-order chi connectivity index (χ1) is 13.1. The maximum Gasteiger partial charge on any atom is 0.243 e. The molecule has 0 spiro atoms. The Kier molecular flexibility index (Phi) is 7.84. The highest BCUT2D eigenvalue weighted by atomic mass is 19.1. The van der Waals surface area contributed by atoms with Crippen molar-refractivity contribution in [1.82, 2.24) is 10.6 Å². The lowest BCUT2D eigenvalue weighted by Crippen LogP contribution is -2.41. The Morgan fingerprint density at radius 2 is 1.93 bits per heavy atom. The zero-order valence-corrected chi connectivity index (χ0v) is 15.2. The molecule has 0 unspecified atom stereocenters. The first-order valence-corrected chi connectivity index (χ1v) is 8.44. The Bertz CT molecular complexity index is 791. The van der Waals surface area contributed by atoms with E-state index < -0.39 is 0 Å². The van der Waals surface area contributed by atoms with Crippen molar-refractivity contribution in [3.63, 3.8) is 0 Å². The van der Waals surface area contributed by atoms with Crippen LogP contribution in [0.5, 0.6) is 5.75 Å². The van der Waals surface area contributed by atoms with Gasteiger partial charge in [-0.1, -0.05) is 30.9 Å². The average molecular weight is 370 g/mol. The summed E-state index contributed by atoms with van der Waals surface area (Å²) < 4.78 is 18.5. The average Bonchev–Trinajstić information content (AvgIpc) is 2.69. The number of nitrogens with one attached hydrogen (secondary N) is 3. The third kappa shape index (κ3) is 6.81. The molecule has 0 heterocycles. The lowest BCUT2D eigenvalue weighted by molar-refractivity contribution is -0.115. The number of hydrogen-bond donors (Lipinski definition) is 3. The molecule has 0 atom stereocenters. The Morgan fingerprint density at radius 3 is 2.63 bits per heavy atom. The summed E-state index contributed by atoms with van der Waals surface area (Å²) in [6.07, 6.45) is 1.68. The number of para-hydroxylation sites is 1. The fraction of sp³-hybridized carbons (Fsp3) is 0.200. The van der Waals surface area contributed by atoms with Crippen LogP contribution < -0.4 is 20.7 Å². The van der Waals surface area contributed by atoms with Crippen molar-refractivity contribution in [2.45, 2.75) is 6.54 Å². The number of anilines is 1. The quantitative estimate of drug-likeness (QED) is 0.379. The van der Waals surface area contributed by atoms with E-state index in [4.69, 9.17) is 4.74 Å². The van der Waals surface area contributed by atoms with Crippen LogP contribution in [0.1, 0.15) is 5.56 Å². The Hall–Kier alpha value is -3.35. The zero-order valence-electron chi connectivity index (χ0n) is 15.2. The number of benzene rings is 2. The molecule has 0 aliphatic rings. The van der Waals surface area contributed by atoms with Gasteiger partial charge in [0, 0.05) is 24.8 Å². The molecule has 0 aliphatic carbocycles. The number of carbonyl (C=O) groups excluding carboxylic acids is 1. The predicted molar refractivity (Wildman–Crippen MR) is 105 cm³/mol. The van der Waals surface area contributed by atoms with Gasteiger partial charge in [0.2, 0.25) is 5.91 Å². The number of halogens is 1. The van der Waals surface area contributed by atoms with Crippen LogP contribution >= 0.6 is 0 Å². The van der Waals surface area contributed by atoms with Gasteiger partial charge in [-0.3, -0.25) is 9.79 Å². The van der Waals surface area contributed by atoms with Crippen molar-refractivity contribution in [3.8, 4) is 5.75 Å². The second kappa shape index (κ2) is 10.6. The SMILES string of the molecule is C=CCOc1ccccc1CNC(=NC)NCC(=O)Nc1ccc(F)cc1. The first kappa shape index (κ1) is 20.0. The monoisotopic (exact) mass is 370 g/mol. The van der Waals surface area contributed by atoms with Gasteiger partial charge in [0.1, 0.15) is 18.2 Å². The van der Waals surface area contributed by atoms with Gasteiger partial charge in [0.05, 0.1) is 6.54 Å². The van der Waals surface area contributed by atoms with E-state index >= 15 is 0 Å². The number of ether oxygens (including phenoxy) is 1. The van der Waals surface area contributed by atoms with Crippen LogP contribution in [-0.2, 0) is 11.3 Å². The molecule has 2 rings (SSSR count). The predicted octanol–water partition coefficient (Wildman–Crippen LogP) is 2.69. The van der Waals surface area contributed by atoms with Crippen LogP contribution in [0.2, 0.25) is 0 Å². The molecular formula is C20H23FN4O2. The molecule has 6 nitrogen and oxygen atoms in total. The van der Waals surface area contributed by atoms with Crippen LogP contribution in [-0.4, -0.2) is 32.1 Å². The molecule has 0 aromatic heterocycles. The molecule has 3 N–H and O–H groups in total. The van der Waals surface area contributed by atoms with Gasteiger partial charge < -0.3 is 20.7 Å². The largest absolute Gasteiger partial charge is 0.489 e. The molecule has 2 aromatic carbocycles. The fourth-order valence-electron chi connectivity index (χ4n) is 2.24. The first-order valence-electron chi connectivity index (χ1n) is 8.44. The molecule has 27 heavy (non-hydrogen) atoms. The van der Waals surface area contributed by atoms with Crippen LogP contribution in [0.25, 0.3) is 0 Å². The number of nitrogens with zero attached hydrogens (tertiary/aromatic N) is 1. The molecule has 142 valence electrons. The van der Waals surface area contributed by atoms with E-state index in [1.165, 1.54) is 24.3 Å². The molecule has 1 amide bonds. The summed E-state index contributed by atoms with van der Waals surface area (Å²) in [6.45, 7) is 4.56. The zero-order chi connectivity index (χ0) is 19.5.